The number of rotatable bonds is 5. The van der Waals surface area contributed by atoms with Crippen molar-refractivity contribution in [3.63, 3.8) is 0 Å². The third-order valence-corrected chi connectivity index (χ3v) is 5.41. The predicted octanol–water partition coefficient (Wildman–Crippen LogP) is 3.40. The largest absolute Gasteiger partial charge is 0.465 e. The molecule has 1 saturated heterocycles. The van der Waals surface area contributed by atoms with Crippen LogP contribution in [0, 0.1) is 0 Å². The molecule has 1 aromatic carbocycles. The number of nitrogens with one attached hydrogen (secondary N) is 2. The van der Waals surface area contributed by atoms with Gasteiger partial charge in [-0.05, 0) is 35.9 Å². The second-order valence-corrected chi connectivity index (χ2v) is 7.77. The monoisotopic (exact) mass is 420 g/mol. The highest BCUT2D eigenvalue weighted by molar-refractivity contribution is 7.99. The Balaban J connectivity index is 1.62. The number of thioether (sulfide) groups is 1. The average molecular weight is 421 g/mol. The standard InChI is InChI=1S/C19H21ClN4O3S/c1-27-18(25)15-3-2-14(20)11-16(15)23-19(26)22-12-13-4-5-21-17(10-13)24-6-8-28-9-7-24/h2-5,10-11H,6-9,12H2,1H3,(H2,22,23,26). The molecule has 1 aliphatic heterocycles. The Morgan fingerprint density at radius 2 is 2.04 bits per heavy atom. The number of hydrogen-bond acceptors (Lipinski definition) is 6. The molecule has 1 fully saturated rings. The van der Waals surface area contributed by atoms with Gasteiger partial charge in [-0.2, -0.15) is 11.8 Å². The predicted molar refractivity (Wildman–Crippen MR) is 112 cm³/mol. The van der Waals surface area contributed by atoms with Crippen LogP contribution >= 0.6 is 23.4 Å². The van der Waals surface area contributed by atoms with Crippen molar-refractivity contribution in [1.29, 1.82) is 0 Å². The van der Waals surface area contributed by atoms with E-state index >= 15 is 0 Å². The maximum absolute atomic E-state index is 12.3. The minimum Gasteiger partial charge on any atom is -0.465 e. The number of urea groups is 1. The molecule has 0 aliphatic carbocycles. The van der Waals surface area contributed by atoms with Crippen molar-refractivity contribution in [2.75, 3.05) is 41.9 Å². The zero-order chi connectivity index (χ0) is 19.9. The molecule has 2 N–H and O–H groups in total. The zero-order valence-corrected chi connectivity index (χ0v) is 17.0. The number of methoxy groups -OCH3 is 1. The first-order valence-electron chi connectivity index (χ1n) is 8.77. The maximum atomic E-state index is 12.3. The van der Waals surface area contributed by atoms with Crippen LogP contribution in [0.2, 0.25) is 5.02 Å². The summed E-state index contributed by atoms with van der Waals surface area (Å²) in [7, 11) is 1.28. The summed E-state index contributed by atoms with van der Waals surface area (Å²) in [6.07, 6.45) is 1.75. The number of nitrogens with zero attached hydrogens (tertiary/aromatic N) is 2. The quantitative estimate of drug-likeness (QED) is 0.721. The second-order valence-electron chi connectivity index (χ2n) is 6.11. The van der Waals surface area contributed by atoms with E-state index in [1.54, 1.807) is 12.3 Å². The number of benzene rings is 1. The SMILES string of the molecule is COC(=O)c1ccc(Cl)cc1NC(=O)NCc1ccnc(N2CCSCC2)c1. The summed E-state index contributed by atoms with van der Waals surface area (Å²) < 4.78 is 4.73. The number of hydrogen-bond donors (Lipinski definition) is 2. The van der Waals surface area contributed by atoms with Crippen molar-refractivity contribution < 1.29 is 14.3 Å². The maximum Gasteiger partial charge on any atom is 0.339 e. The van der Waals surface area contributed by atoms with Crippen LogP contribution in [0.15, 0.2) is 36.5 Å². The third kappa shape index (κ3) is 5.30. The fraction of sp³-hybridized carbons (Fsp3) is 0.316. The summed E-state index contributed by atoms with van der Waals surface area (Å²) in [5.74, 6) is 2.55. The van der Waals surface area contributed by atoms with Crippen molar-refractivity contribution in [1.82, 2.24) is 10.3 Å². The molecular formula is C19H21ClN4O3S. The number of anilines is 2. The van der Waals surface area contributed by atoms with E-state index in [0.29, 0.717) is 11.6 Å². The van der Waals surface area contributed by atoms with Crippen molar-refractivity contribution >= 4 is 46.9 Å². The van der Waals surface area contributed by atoms with Gasteiger partial charge in [0, 0.05) is 42.4 Å². The molecule has 0 saturated carbocycles. The Hall–Kier alpha value is -2.45. The molecule has 2 heterocycles. The lowest BCUT2D eigenvalue weighted by atomic mass is 10.2. The van der Waals surface area contributed by atoms with Crippen LogP contribution in [0.3, 0.4) is 0 Å². The lowest BCUT2D eigenvalue weighted by molar-refractivity contribution is 0.0602. The molecule has 0 atom stereocenters. The van der Waals surface area contributed by atoms with Gasteiger partial charge in [-0.3, -0.25) is 0 Å². The Morgan fingerprint density at radius 3 is 2.79 bits per heavy atom. The fourth-order valence-corrected chi connectivity index (χ4v) is 3.87. The van der Waals surface area contributed by atoms with Crippen molar-refractivity contribution in [2.24, 2.45) is 0 Å². The highest BCUT2D eigenvalue weighted by Crippen LogP contribution is 2.22. The topological polar surface area (TPSA) is 83.6 Å². The third-order valence-electron chi connectivity index (χ3n) is 4.23. The summed E-state index contributed by atoms with van der Waals surface area (Å²) >= 11 is 7.92. The summed E-state index contributed by atoms with van der Waals surface area (Å²) in [4.78, 5) is 30.8. The fourth-order valence-electron chi connectivity index (χ4n) is 2.79. The molecule has 2 amide bonds. The minimum absolute atomic E-state index is 0.233. The second kappa shape index (κ2) is 9.66. The van der Waals surface area contributed by atoms with Crippen LogP contribution < -0.4 is 15.5 Å². The number of esters is 1. The van der Waals surface area contributed by atoms with Gasteiger partial charge in [0.25, 0.3) is 0 Å². The van der Waals surface area contributed by atoms with Crippen LogP contribution in [-0.4, -0.2) is 48.7 Å². The molecule has 28 heavy (non-hydrogen) atoms. The molecule has 0 spiro atoms. The highest BCUT2D eigenvalue weighted by atomic mass is 35.5. The molecule has 3 rings (SSSR count). The smallest absolute Gasteiger partial charge is 0.339 e. The van der Waals surface area contributed by atoms with E-state index in [-0.39, 0.29) is 11.3 Å². The molecule has 148 valence electrons. The van der Waals surface area contributed by atoms with Crippen LogP contribution in [0.5, 0.6) is 0 Å². The number of carbonyl (C=O) groups excluding carboxylic acids is 2. The number of aromatic nitrogens is 1. The van der Waals surface area contributed by atoms with E-state index in [0.717, 1.165) is 36.0 Å². The lowest BCUT2D eigenvalue weighted by Crippen LogP contribution is -2.33. The van der Waals surface area contributed by atoms with E-state index in [9.17, 15) is 9.59 Å². The average Bonchev–Trinajstić information content (AvgIpc) is 2.73. The Kier molecular flexibility index (Phi) is 7.00. The minimum atomic E-state index is -0.551. The number of ether oxygens (including phenoxy) is 1. The van der Waals surface area contributed by atoms with E-state index < -0.39 is 12.0 Å². The van der Waals surface area contributed by atoms with Crippen molar-refractivity contribution in [3.05, 3.63) is 52.7 Å². The van der Waals surface area contributed by atoms with Crippen molar-refractivity contribution in [3.8, 4) is 0 Å². The van der Waals surface area contributed by atoms with E-state index in [1.165, 1.54) is 19.2 Å². The first-order valence-corrected chi connectivity index (χ1v) is 10.3. The molecule has 2 aromatic rings. The molecule has 0 radical (unpaired) electrons. The van der Waals surface area contributed by atoms with Gasteiger partial charge >= 0.3 is 12.0 Å². The molecule has 9 heteroatoms. The van der Waals surface area contributed by atoms with Crippen molar-refractivity contribution in [2.45, 2.75) is 6.54 Å². The van der Waals surface area contributed by atoms with Crippen LogP contribution in [0.4, 0.5) is 16.3 Å². The van der Waals surface area contributed by atoms with Gasteiger partial charge in [0.2, 0.25) is 0 Å². The van der Waals surface area contributed by atoms with Gasteiger partial charge in [-0.25, -0.2) is 14.6 Å². The lowest BCUT2D eigenvalue weighted by Gasteiger charge is -2.27. The first-order chi connectivity index (χ1) is 13.6. The van der Waals surface area contributed by atoms with E-state index in [4.69, 9.17) is 16.3 Å². The Bertz CT molecular complexity index is 859. The van der Waals surface area contributed by atoms with Crippen LogP contribution in [-0.2, 0) is 11.3 Å². The number of amides is 2. The molecule has 0 unspecified atom stereocenters. The summed E-state index contributed by atoms with van der Waals surface area (Å²) in [5, 5.41) is 5.84. The number of pyridine rings is 1. The normalized spacial score (nSPS) is 13.7. The molecular weight excluding hydrogens is 400 g/mol. The van der Waals surface area contributed by atoms with Gasteiger partial charge in [0.15, 0.2) is 0 Å². The molecule has 0 bridgehead atoms. The van der Waals surface area contributed by atoms with E-state index in [2.05, 4.69) is 20.5 Å². The molecule has 7 nitrogen and oxygen atoms in total. The summed E-state index contributed by atoms with van der Waals surface area (Å²) in [5.41, 5.74) is 1.46. The molecule has 1 aliphatic rings. The Morgan fingerprint density at radius 1 is 1.25 bits per heavy atom. The summed E-state index contributed by atoms with van der Waals surface area (Å²) in [6, 6.07) is 7.98. The number of carbonyl (C=O) groups is 2. The Labute approximate surface area is 172 Å². The first kappa shape index (κ1) is 20.3. The number of halogens is 1. The van der Waals surface area contributed by atoms with Crippen LogP contribution in [0.25, 0.3) is 0 Å². The van der Waals surface area contributed by atoms with E-state index in [1.807, 2.05) is 23.9 Å². The van der Waals surface area contributed by atoms with Gasteiger partial charge in [-0.15, -0.1) is 0 Å². The van der Waals surface area contributed by atoms with Gasteiger partial charge < -0.3 is 20.3 Å². The van der Waals surface area contributed by atoms with Gasteiger partial charge in [0.05, 0.1) is 18.4 Å². The highest BCUT2D eigenvalue weighted by Gasteiger charge is 2.15. The van der Waals surface area contributed by atoms with Crippen LogP contribution in [0.1, 0.15) is 15.9 Å². The molecule has 1 aromatic heterocycles. The van der Waals surface area contributed by atoms with Gasteiger partial charge in [-0.1, -0.05) is 11.6 Å². The van der Waals surface area contributed by atoms with Gasteiger partial charge in [0.1, 0.15) is 5.82 Å². The summed E-state index contributed by atoms with van der Waals surface area (Å²) in [6.45, 7) is 2.28. The zero-order valence-electron chi connectivity index (χ0n) is 15.4.